The van der Waals surface area contributed by atoms with Crippen LogP contribution in [0.3, 0.4) is 0 Å². The molecule has 0 aliphatic carbocycles. The molecule has 1 atom stereocenters. The van der Waals surface area contributed by atoms with Crippen molar-refractivity contribution in [3.8, 4) is 5.75 Å². The van der Waals surface area contributed by atoms with E-state index < -0.39 is 0 Å². The van der Waals surface area contributed by atoms with E-state index in [1.807, 2.05) is 6.92 Å². The van der Waals surface area contributed by atoms with Crippen LogP contribution < -0.4 is 15.4 Å². The standard InChI is InChI=1S/C20H28N4O2S.HI/c1-13-5-6-16(18(9-13)26-17-7-8-25-12-17)10-22-20(21-4)23-11-19-24-14(2)15(3)27-19;/h5-6,9,17H,7-8,10-12H2,1-4H3,(H2,21,22,23);1H. The molecular formula is C20H29IN4O2S. The molecule has 0 radical (unpaired) electrons. The Morgan fingerprint density at radius 3 is 2.71 bits per heavy atom. The molecule has 1 unspecified atom stereocenters. The number of benzene rings is 1. The fourth-order valence-corrected chi connectivity index (χ4v) is 3.75. The van der Waals surface area contributed by atoms with E-state index in [1.165, 1.54) is 10.4 Å². The van der Waals surface area contributed by atoms with Gasteiger partial charge in [-0.15, -0.1) is 35.3 Å². The summed E-state index contributed by atoms with van der Waals surface area (Å²) in [6, 6.07) is 6.30. The molecule has 2 heterocycles. The maximum Gasteiger partial charge on any atom is 0.191 e. The molecule has 0 amide bonds. The van der Waals surface area contributed by atoms with Gasteiger partial charge in [-0.1, -0.05) is 12.1 Å². The van der Waals surface area contributed by atoms with E-state index >= 15 is 0 Å². The zero-order valence-electron chi connectivity index (χ0n) is 16.9. The first-order chi connectivity index (χ1) is 13.0. The van der Waals surface area contributed by atoms with E-state index in [1.54, 1.807) is 18.4 Å². The molecule has 1 aromatic carbocycles. The van der Waals surface area contributed by atoms with E-state index in [9.17, 15) is 0 Å². The Morgan fingerprint density at radius 1 is 1.29 bits per heavy atom. The quantitative estimate of drug-likeness (QED) is 0.348. The Hall–Kier alpha value is -1.39. The summed E-state index contributed by atoms with van der Waals surface area (Å²) >= 11 is 1.71. The molecule has 1 aliphatic rings. The highest BCUT2D eigenvalue weighted by Crippen LogP contribution is 2.24. The summed E-state index contributed by atoms with van der Waals surface area (Å²) in [5.41, 5.74) is 3.39. The molecule has 2 aromatic rings. The average Bonchev–Trinajstić information content (AvgIpc) is 3.26. The van der Waals surface area contributed by atoms with Gasteiger partial charge in [-0.3, -0.25) is 4.99 Å². The third-order valence-electron chi connectivity index (χ3n) is 4.55. The molecule has 2 N–H and O–H groups in total. The molecular weight excluding hydrogens is 487 g/mol. The molecule has 0 saturated carbocycles. The Labute approximate surface area is 188 Å². The van der Waals surface area contributed by atoms with Gasteiger partial charge in [-0.05, 0) is 32.4 Å². The fraction of sp³-hybridized carbons (Fsp3) is 0.500. The number of hydrogen-bond acceptors (Lipinski definition) is 5. The molecule has 28 heavy (non-hydrogen) atoms. The number of aryl methyl sites for hydroxylation is 3. The van der Waals surface area contributed by atoms with Crippen molar-refractivity contribution in [3.05, 3.63) is 44.9 Å². The summed E-state index contributed by atoms with van der Waals surface area (Å²) in [6.45, 7) is 8.95. The summed E-state index contributed by atoms with van der Waals surface area (Å²) in [5.74, 6) is 1.66. The third kappa shape index (κ3) is 6.31. The lowest BCUT2D eigenvalue weighted by Gasteiger charge is -2.18. The van der Waals surface area contributed by atoms with Crippen LogP contribution in [0.1, 0.15) is 33.1 Å². The monoisotopic (exact) mass is 516 g/mol. The fourth-order valence-electron chi connectivity index (χ4n) is 2.88. The van der Waals surface area contributed by atoms with Gasteiger partial charge >= 0.3 is 0 Å². The van der Waals surface area contributed by atoms with E-state index in [2.05, 4.69) is 52.7 Å². The lowest BCUT2D eigenvalue weighted by molar-refractivity contribution is 0.140. The summed E-state index contributed by atoms with van der Waals surface area (Å²) < 4.78 is 11.6. The highest BCUT2D eigenvalue weighted by atomic mass is 127. The van der Waals surface area contributed by atoms with Crippen LogP contribution in [0, 0.1) is 20.8 Å². The van der Waals surface area contributed by atoms with E-state index in [0.717, 1.165) is 41.0 Å². The Balaban J connectivity index is 0.00000280. The summed E-state index contributed by atoms with van der Waals surface area (Å²) in [6.07, 6.45) is 1.08. The molecule has 1 saturated heterocycles. The highest BCUT2D eigenvalue weighted by molar-refractivity contribution is 14.0. The minimum atomic E-state index is 0. The SMILES string of the molecule is CN=C(NCc1nc(C)c(C)s1)NCc1ccc(C)cc1OC1CCOC1.I. The van der Waals surface area contributed by atoms with Crippen molar-refractivity contribution in [2.45, 2.75) is 46.4 Å². The molecule has 1 aromatic heterocycles. The molecule has 1 aliphatic heterocycles. The molecule has 1 fully saturated rings. The number of guanidine groups is 1. The number of nitrogens with one attached hydrogen (secondary N) is 2. The van der Waals surface area contributed by atoms with Crippen LogP contribution in [-0.2, 0) is 17.8 Å². The minimum absolute atomic E-state index is 0. The second kappa shape index (κ2) is 11.0. The van der Waals surface area contributed by atoms with Crippen LogP contribution >= 0.6 is 35.3 Å². The number of ether oxygens (including phenoxy) is 2. The van der Waals surface area contributed by atoms with Crippen molar-refractivity contribution >= 4 is 41.3 Å². The number of nitrogens with zero attached hydrogens (tertiary/aromatic N) is 2. The first-order valence-corrected chi connectivity index (χ1v) is 10.1. The van der Waals surface area contributed by atoms with Crippen LogP contribution in [-0.4, -0.2) is 37.3 Å². The zero-order chi connectivity index (χ0) is 19.2. The van der Waals surface area contributed by atoms with Crippen LogP contribution in [0.2, 0.25) is 0 Å². The number of hydrogen-bond donors (Lipinski definition) is 2. The van der Waals surface area contributed by atoms with E-state index in [-0.39, 0.29) is 30.1 Å². The normalized spacial score (nSPS) is 16.6. The second-order valence-electron chi connectivity index (χ2n) is 6.74. The van der Waals surface area contributed by atoms with Crippen molar-refractivity contribution in [2.75, 3.05) is 20.3 Å². The number of aliphatic imine (C=N–C) groups is 1. The van der Waals surface area contributed by atoms with Crippen molar-refractivity contribution in [2.24, 2.45) is 4.99 Å². The number of aromatic nitrogens is 1. The maximum atomic E-state index is 6.16. The van der Waals surface area contributed by atoms with Gasteiger partial charge in [-0.2, -0.15) is 0 Å². The van der Waals surface area contributed by atoms with Crippen LogP contribution in [0.25, 0.3) is 0 Å². The first kappa shape index (κ1) is 22.9. The lowest BCUT2D eigenvalue weighted by Crippen LogP contribution is -2.36. The smallest absolute Gasteiger partial charge is 0.191 e. The first-order valence-electron chi connectivity index (χ1n) is 9.26. The number of rotatable bonds is 6. The van der Waals surface area contributed by atoms with Crippen molar-refractivity contribution in [1.29, 1.82) is 0 Å². The Bertz CT molecular complexity index is 784. The van der Waals surface area contributed by atoms with E-state index in [0.29, 0.717) is 19.7 Å². The lowest BCUT2D eigenvalue weighted by atomic mass is 10.1. The molecule has 3 rings (SSSR count). The molecule has 154 valence electrons. The maximum absolute atomic E-state index is 6.16. The topological polar surface area (TPSA) is 67.8 Å². The largest absolute Gasteiger partial charge is 0.488 e. The van der Waals surface area contributed by atoms with Crippen molar-refractivity contribution in [3.63, 3.8) is 0 Å². The molecule has 0 bridgehead atoms. The summed E-state index contributed by atoms with van der Waals surface area (Å²) in [7, 11) is 1.77. The minimum Gasteiger partial charge on any atom is -0.488 e. The van der Waals surface area contributed by atoms with Crippen molar-refractivity contribution in [1.82, 2.24) is 15.6 Å². The predicted molar refractivity (Wildman–Crippen MR) is 125 cm³/mol. The van der Waals surface area contributed by atoms with Gasteiger partial charge in [0.2, 0.25) is 0 Å². The number of halogens is 1. The van der Waals surface area contributed by atoms with Gasteiger partial charge in [0, 0.05) is 30.5 Å². The van der Waals surface area contributed by atoms with Gasteiger partial charge in [0.05, 0.1) is 25.5 Å². The van der Waals surface area contributed by atoms with Gasteiger partial charge in [0.15, 0.2) is 5.96 Å². The van der Waals surface area contributed by atoms with Gasteiger partial charge < -0.3 is 20.1 Å². The number of thiazole rings is 1. The third-order valence-corrected chi connectivity index (χ3v) is 5.63. The molecule has 8 heteroatoms. The van der Waals surface area contributed by atoms with Gasteiger partial charge in [0.25, 0.3) is 0 Å². The Kier molecular flexibility index (Phi) is 8.97. The summed E-state index contributed by atoms with van der Waals surface area (Å²) in [5, 5.41) is 7.76. The molecule has 6 nitrogen and oxygen atoms in total. The molecule has 0 spiro atoms. The average molecular weight is 516 g/mol. The van der Waals surface area contributed by atoms with Gasteiger partial charge in [-0.25, -0.2) is 4.98 Å². The van der Waals surface area contributed by atoms with Gasteiger partial charge in [0.1, 0.15) is 16.9 Å². The zero-order valence-corrected chi connectivity index (χ0v) is 20.0. The van der Waals surface area contributed by atoms with Crippen LogP contribution in [0.15, 0.2) is 23.2 Å². The van der Waals surface area contributed by atoms with Crippen LogP contribution in [0.5, 0.6) is 5.75 Å². The Morgan fingerprint density at radius 2 is 2.07 bits per heavy atom. The van der Waals surface area contributed by atoms with Crippen molar-refractivity contribution < 1.29 is 9.47 Å². The summed E-state index contributed by atoms with van der Waals surface area (Å²) in [4.78, 5) is 10.1. The highest BCUT2D eigenvalue weighted by Gasteiger charge is 2.18. The van der Waals surface area contributed by atoms with E-state index in [4.69, 9.17) is 9.47 Å². The second-order valence-corrected chi connectivity index (χ2v) is 8.03. The van der Waals surface area contributed by atoms with Crippen LogP contribution in [0.4, 0.5) is 0 Å². The predicted octanol–water partition coefficient (Wildman–Crippen LogP) is 3.72.